The number of piperazine rings is 1. The van der Waals surface area contributed by atoms with Crippen molar-refractivity contribution in [3.63, 3.8) is 0 Å². The minimum atomic E-state index is -0.497. The lowest BCUT2D eigenvalue weighted by Gasteiger charge is -2.37. The lowest BCUT2D eigenvalue weighted by atomic mass is 10.1. The lowest BCUT2D eigenvalue weighted by Crippen LogP contribution is -2.49. The number of aryl methyl sites for hydroxylation is 3. The molecule has 1 unspecified atom stereocenters. The third kappa shape index (κ3) is 5.77. The van der Waals surface area contributed by atoms with Crippen LogP contribution in [0.5, 0.6) is 5.75 Å². The SMILES string of the molecule is Cc1ccc(Cl)cc1N1CCN(CC(O)COc2c(C)cccc2C)CC1.Cl. The number of benzene rings is 2. The van der Waals surface area contributed by atoms with Gasteiger partial charge in [-0.15, -0.1) is 12.4 Å². The number of para-hydroxylation sites is 1. The lowest BCUT2D eigenvalue weighted by molar-refractivity contribution is 0.0658. The van der Waals surface area contributed by atoms with E-state index < -0.39 is 6.10 Å². The van der Waals surface area contributed by atoms with Gasteiger partial charge >= 0.3 is 0 Å². The van der Waals surface area contributed by atoms with E-state index in [9.17, 15) is 5.11 Å². The van der Waals surface area contributed by atoms with E-state index in [0.717, 1.165) is 48.1 Å². The Morgan fingerprint density at radius 2 is 1.64 bits per heavy atom. The van der Waals surface area contributed by atoms with E-state index in [0.29, 0.717) is 13.2 Å². The minimum absolute atomic E-state index is 0. The van der Waals surface area contributed by atoms with Crippen molar-refractivity contribution in [2.45, 2.75) is 26.9 Å². The first-order valence-corrected chi connectivity index (χ1v) is 9.92. The van der Waals surface area contributed by atoms with Crippen LogP contribution in [0.4, 0.5) is 5.69 Å². The predicted molar refractivity (Wildman–Crippen MR) is 120 cm³/mol. The van der Waals surface area contributed by atoms with Crippen molar-refractivity contribution < 1.29 is 9.84 Å². The molecule has 1 saturated heterocycles. The van der Waals surface area contributed by atoms with E-state index >= 15 is 0 Å². The number of anilines is 1. The van der Waals surface area contributed by atoms with E-state index in [2.05, 4.69) is 22.8 Å². The fraction of sp³-hybridized carbons (Fsp3) is 0.455. The summed E-state index contributed by atoms with van der Waals surface area (Å²) in [5.74, 6) is 0.887. The summed E-state index contributed by atoms with van der Waals surface area (Å²) >= 11 is 6.16. The van der Waals surface area contributed by atoms with Crippen LogP contribution in [0.1, 0.15) is 16.7 Å². The van der Waals surface area contributed by atoms with Gasteiger partial charge in [0.25, 0.3) is 0 Å². The second kappa shape index (κ2) is 10.4. The van der Waals surface area contributed by atoms with Crippen molar-refractivity contribution in [3.8, 4) is 5.75 Å². The molecule has 4 nitrogen and oxygen atoms in total. The molecule has 1 heterocycles. The summed E-state index contributed by atoms with van der Waals surface area (Å²) in [6.45, 7) is 10.9. The van der Waals surface area contributed by atoms with Crippen molar-refractivity contribution in [2.75, 3.05) is 44.2 Å². The number of halogens is 2. The topological polar surface area (TPSA) is 35.9 Å². The fourth-order valence-electron chi connectivity index (χ4n) is 3.65. The summed E-state index contributed by atoms with van der Waals surface area (Å²) in [7, 11) is 0. The van der Waals surface area contributed by atoms with Crippen molar-refractivity contribution in [1.82, 2.24) is 4.90 Å². The van der Waals surface area contributed by atoms with E-state index in [1.807, 2.05) is 44.2 Å². The Balaban J connectivity index is 0.00000280. The molecule has 1 fully saturated rings. The largest absolute Gasteiger partial charge is 0.490 e. The highest BCUT2D eigenvalue weighted by Crippen LogP contribution is 2.25. The summed E-state index contributed by atoms with van der Waals surface area (Å²) < 4.78 is 5.89. The molecule has 1 N–H and O–H groups in total. The Labute approximate surface area is 179 Å². The van der Waals surface area contributed by atoms with Crippen LogP contribution in [0.15, 0.2) is 36.4 Å². The summed E-state index contributed by atoms with van der Waals surface area (Å²) in [6.07, 6.45) is -0.497. The van der Waals surface area contributed by atoms with Crippen LogP contribution in [0.2, 0.25) is 5.02 Å². The highest BCUT2D eigenvalue weighted by atomic mass is 35.5. The molecule has 1 atom stereocenters. The summed E-state index contributed by atoms with van der Waals surface area (Å²) in [5, 5.41) is 11.2. The zero-order chi connectivity index (χ0) is 19.4. The van der Waals surface area contributed by atoms with Gasteiger partial charge in [-0.2, -0.15) is 0 Å². The maximum atomic E-state index is 10.4. The Morgan fingerprint density at radius 1 is 1.00 bits per heavy atom. The molecular formula is C22H30Cl2N2O2. The van der Waals surface area contributed by atoms with Crippen LogP contribution in [-0.4, -0.2) is 55.4 Å². The van der Waals surface area contributed by atoms with Gasteiger partial charge in [0, 0.05) is 43.4 Å². The first-order valence-electron chi connectivity index (χ1n) is 9.54. The number of ether oxygens (including phenoxy) is 1. The maximum Gasteiger partial charge on any atom is 0.125 e. The smallest absolute Gasteiger partial charge is 0.125 e. The van der Waals surface area contributed by atoms with Gasteiger partial charge in [-0.25, -0.2) is 0 Å². The number of nitrogens with zero attached hydrogens (tertiary/aromatic N) is 2. The van der Waals surface area contributed by atoms with Gasteiger partial charge in [-0.1, -0.05) is 35.9 Å². The van der Waals surface area contributed by atoms with Gasteiger partial charge < -0.3 is 14.7 Å². The monoisotopic (exact) mass is 424 g/mol. The number of hydrogen-bond donors (Lipinski definition) is 1. The van der Waals surface area contributed by atoms with Gasteiger partial charge in [0.05, 0.1) is 0 Å². The van der Waals surface area contributed by atoms with E-state index in [-0.39, 0.29) is 12.4 Å². The van der Waals surface area contributed by atoms with E-state index in [1.165, 1.54) is 11.3 Å². The van der Waals surface area contributed by atoms with Crippen LogP contribution in [-0.2, 0) is 0 Å². The first-order chi connectivity index (χ1) is 12.9. The van der Waals surface area contributed by atoms with Crippen LogP contribution < -0.4 is 9.64 Å². The predicted octanol–water partition coefficient (Wildman–Crippen LogP) is 4.25. The van der Waals surface area contributed by atoms with Gasteiger partial charge in [0.2, 0.25) is 0 Å². The normalized spacial score (nSPS) is 15.8. The zero-order valence-corrected chi connectivity index (χ0v) is 18.4. The van der Waals surface area contributed by atoms with Gasteiger partial charge in [0.1, 0.15) is 18.5 Å². The molecule has 1 aliphatic heterocycles. The Hall–Kier alpha value is -1.46. The molecule has 0 saturated carbocycles. The maximum absolute atomic E-state index is 10.4. The van der Waals surface area contributed by atoms with E-state index in [4.69, 9.17) is 16.3 Å². The second-order valence-electron chi connectivity index (χ2n) is 7.40. The van der Waals surface area contributed by atoms with Crippen molar-refractivity contribution in [3.05, 3.63) is 58.1 Å². The minimum Gasteiger partial charge on any atom is -0.490 e. The second-order valence-corrected chi connectivity index (χ2v) is 7.84. The molecule has 0 aliphatic carbocycles. The standard InChI is InChI=1S/C22H29ClN2O2.ClH/c1-16-7-8-19(23)13-21(16)25-11-9-24(10-12-25)14-20(26)15-27-22-17(2)5-4-6-18(22)3;/h4-8,13,20,26H,9-12,14-15H2,1-3H3;1H. The molecule has 28 heavy (non-hydrogen) atoms. The van der Waals surface area contributed by atoms with Gasteiger partial charge in [-0.05, 0) is 49.6 Å². The molecule has 3 rings (SSSR count). The molecule has 2 aromatic rings. The molecular weight excluding hydrogens is 395 g/mol. The molecule has 6 heteroatoms. The number of aliphatic hydroxyl groups excluding tert-OH is 1. The third-order valence-electron chi connectivity index (χ3n) is 5.18. The molecule has 2 aromatic carbocycles. The summed E-state index contributed by atoms with van der Waals surface area (Å²) in [4.78, 5) is 4.67. The molecule has 0 amide bonds. The quantitative estimate of drug-likeness (QED) is 0.751. The van der Waals surface area contributed by atoms with Crippen molar-refractivity contribution >= 4 is 29.7 Å². The van der Waals surface area contributed by atoms with Crippen LogP contribution >= 0.6 is 24.0 Å². The highest BCUT2D eigenvalue weighted by Gasteiger charge is 2.21. The number of hydrogen-bond acceptors (Lipinski definition) is 4. The fourth-order valence-corrected chi connectivity index (χ4v) is 3.82. The van der Waals surface area contributed by atoms with E-state index in [1.54, 1.807) is 0 Å². The van der Waals surface area contributed by atoms with Crippen molar-refractivity contribution in [1.29, 1.82) is 0 Å². The molecule has 0 radical (unpaired) electrons. The third-order valence-corrected chi connectivity index (χ3v) is 5.42. The molecule has 0 aromatic heterocycles. The highest BCUT2D eigenvalue weighted by molar-refractivity contribution is 6.30. The molecule has 1 aliphatic rings. The number of aliphatic hydroxyl groups is 1. The molecule has 0 bridgehead atoms. The number of β-amino-alcohol motifs (C(OH)–C–C–N with tert-alkyl or cyclic N) is 1. The average molecular weight is 425 g/mol. The van der Waals surface area contributed by atoms with Crippen LogP contribution in [0.25, 0.3) is 0 Å². The van der Waals surface area contributed by atoms with Crippen LogP contribution in [0.3, 0.4) is 0 Å². The van der Waals surface area contributed by atoms with Gasteiger partial charge in [-0.3, -0.25) is 4.90 Å². The Bertz CT molecular complexity index is 757. The van der Waals surface area contributed by atoms with Crippen LogP contribution in [0, 0.1) is 20.8 Å². The van der Waals surface area contributed by atoms with Gasteiger partial charge in [0.15, 0.2) is 0 Å². The van der Waals surface area contributed by atoms with Crippen molar-refractivity contribution in [2.24, 2.45) is 0 Å². The number of rotatable bonds is 6. The summed E-state index contributed by atoms with van der Waals surface area (Å²) in [6, 6.07) is 12.1. The molecule has 154 valence electrons. The zero-order valence-electron chi connectivity index (χ0n) is 16.8. The summed E-state index contributed by atoms with van der Waals surface area (Å²) in [5.41, 5.74) is 4.66. The Morgan fingerprint density at radius 3 is 2.29 bits per heavy atom. The molecule has 0 spiro atoms. The first kappa shape index (κ1) is 22.8. The Kier molecular flexibility index (Phi) is 8.44. The average Bonchev–Trinajstić information content (AvgIpc) is 2.64.